The minimum absolute atomic E-state index is 0.0494. The molecule has 0 saturated carbocycles. The smallest absolute Gasteiger partial charge is 0.316 e. The summed E-state index contributed by atoms with van der Waals surface area (Å²) in [7, 11) is 3.45. The van der Waals surface area contributed by atoms with E-state index in [0.717, 1.165) is 19.8 Å². The maximum absolute atomic E-state index is 11.0. The molecule has 2 amide bonds. The normalized spacial score (nSPS) is 16.5. The Hall–Kier alpha value is -0.810. The summed E-state index contributed by atoms with van der Waals surface area (Å²) < 4.78 is 4.99. The van der Waals surface area contributed by atoms with E-state index in [4.69, 9.17) is 4.74 Å². The summed E-state index contributed by atoms with van der Waals surface area (Å²) in [6.45, 7) is 3.05. The number of urea groups is 1. The van der Waals surface area contributed by atoms with Gasteiger partial charge in [-0.25, -0.2) is 4.79 Å². The maximum Gasteiger partial charge on any atom is 0.316 e. The van der Waals surface area contributed by atoms with E-state index in [1.54, 1.807) is 14.1 Å². The van der Waals surface area contributed by atoms with Gasteiger partial charge in [-0.1, -0.05) is 0 Å². The van der Waals surface area contributed by atoms with Gasteiger partial charge in [-0.05, 0) is 0 Å². The highest BCUT2D eigenvalue weighted by Gasteiger charge is 2.16. The van der Waals surface area contributed by atoms with E-state index in [-0.39, 0.29) is 6.03 Å². The molecule has 5 heteroatoms. The molecule has 0 atom stereocenters. The summed E-state index contributed by atoms with van der Waals surface area (Å²) >= 11 is 0. The van der Waals surface area contributed by atoms with Gasteiger partial charge in [-0.3, -0.25) is 0 Å². The first kappa shape index (κ1) is 10.3. The van der Waals surface area contributed by atoms with Crippen LogP contribution in [0.5, 0.6) is 0 Å². The van der Waals surface area contributed by atoms with Gasteiger partial charge in [-0.15, -0.1) is 0 Å². The number of hydrogen-bond donors (Lipinski definition) is 2. The van der Waals surface area contributed by atoms with Gasteiger partial charge in [0.15, 0.2) is 0 Å². The molecule has 1 aliphatic heterocycles. The number of carbonyl (C=O) groups excluding carboxylic acids is 1. The zero-order chi connectivity index (χ0) is 9.68. The second kappa shape index (κ2) is 5.04. The molecule has 0 aliphatic carbocycles. The van der Waals surface area contributed by atoms with Crippen LogP contribution in [0.1, 0.15) is 0 Å². The Bertz CT molecular complexity index is 169. The van der Waals surface area contributed by atoms with Crippen LogP contribution in [0.3, 0.4) is 0 Å². The van der Waals surface area contributed by atoms with E-state index >= 15 is 0 Å². The second-order valence-electron chi connectivity index (χ2n) is 3.31. The van der Waals surface area contributed by atoms with Crippen molar-refractivity contribution in [1.29, 1.82) is 0 Å². The van der Waals surface area contributed by atoms with Crippen LogP contribution in [0.4, 0.5) is 4.79 Å². The van der Waals surface area contributed by atoms with Crippen LogP contribution < -0.4 is 10.6 Å². The molecule has 13 heavy (non-hydrogen) atoms. The van der Waals surface area contributed by atoms with Gasteiger partial charge in [0.1, 0.15) is 0 Å². The van der Waals surface area contributed by atoms with E-state index in [9.17, 15) is 4.79 Å². The molecule has 1 saturated heterocycles. The summed E-state index contributed by atoms with van der Waals surface area (Å²) in [5.74, 6) is 0. The number of hydrogen-bond acceptors (Lipinski definition) is 3. The summed E-state index contributed by atoms with van der Waals surface area (Å²) in [4.78, 5) is 12.6. The molecule has 0 bridgehead atoms. The van der Waals surface area contributed by atoms with Crippen molar-refractivity contribution in [3.05, 3.63) is 0 Å². The lowest BCUT2D eigenvalue weighted by Gasteiger charge is -2.27. The van der Waals surface area contributed by atoms with Crippen molar-refractivity contribution in [1.82, 2.24) is 15.5 Å². The fourth-order valence-electron chi connectivity index (χ4n) is 0.957. The average molecular weight is 187 g/mol. The molecule has 0 spiro atoms. The molecule has 2 N–H and O–H groups in total. The third-order valence-corrected chi connectivity index (χ3v) is 1.88. The molecule has 1 heterocycles. The molecular formula is C8H17N3O2. The molecule has 0 aromatic heterocycles. The van der Waals surface area contributed by atoms with Crippen molar-refractivity contribution in [2.75, 3.05) is 40.4 Å². The standard InChI is InChI=1S/C8H17N3O2/c1-11(2)8(12)10-4-3-9-7-5-13-6-7/h7,9H,3-6H2,1-2H3,(H,10,12). The number of nitrogens with one attached hydrogen (secondary N) is 2. The minimum atomic E-state index is -0.0494. The highest BCUT2D eigenvalue weighted by Crippen LogP contribution is 1.97. The number of amides is 2. The van der Waals surface area contributed by atoms with E-state index in [1.807, 2.05) is 0 Å². The lowest BCUT2D eigenvalue weighted by molar-refractivity contribution is -0.00459. The summed E-state index contributed by atoms with van der Waals surface area (Å²) in [6.07, 6.45) is 0. The van der Waals surface area contributed by atoms with Crippen LogP contribution in [0.2, 0.25) is 0 Å². The van der Waals surface area contributed by atoms with Gasteiger partial charge in [0.25, 0.3) is 0 Å². The molecule has 1 fully saturated rings. The van der Waals surface area contributed by atoms with Gasteiger partial charge in [-0.2, -0.15) is 0 Å². The minimum Gasteiger partial charge on any atom is -0.378 e. The fourth-order valence-corrected chi connectivity index (χ4v) is 0.957. The van der Waals surface area contributed by atoms with Crippen LogP contribution in [0.15, 0.2) is 0 Å². The van der Waals surface area contributed by atoms with Crippen molar-refractivity contribution in [3.8, 4) is 0 Å². The average Bonchev–Trinajstić information content (AvgIpc) is 2.00. The van der Waals surface area contributed by atoms with E-state index in [1.165, 1.54) is 4.90 Å². The quantitative estimate of drug-likeness (QED) is 0.569. The second-order valence-corrected chi connectivity index (χ2v) is 3.31. The number of carbonyl (C=O) groups is 1. The topological polar surface area (TPSA) is 53.6 Å². The molecule has 0 aromatic carbocycles. The Morgan fingerprint density at radius 2 is 2.15 bits per heavy atom. The Morgan fingerprint density at radius 3 is 2.62 bits per heavy atom. The van der Waals surface area contributed by atoms with Crippen LogP contribution in [-0.4, -0.2) is 57.4 Å². The first-order valence-electron chi connectivity index (χ1n) is 4.46. The predicted octanol–water partition coefficient (Wildman–Crippen LogP) is -0.754. The molecule has 1 aliphatic rings. The zero-order valence-electron chi connectivity index (χ0n) is 8.17. The molecule has 0 radical (unpaired) electrons. The van der Waals surface area contributed by atoms with Crippen LogP contribution >= 0.6 is 0 Å². The third kappa shape index (κ3) is 3.61. The van der Waals surface area contributed by atoms with Crippen LogP contribution in [0.25, 0.3) is 0 Å². The molecule has 0 aromatic rings. The largest absolute Gasteiger partial charge is 0.378 e. The summed E-state index contributed by atoms with van der Waals surface area (Å²) in [6, 6.07) is 0.433. The Balaban J connectivity index is 1.91. The van der Waals surface area contributed by atoms with Crippen LogP contribution in [0, 0.1) is 0 Å². The van der Waals surface area contributed by atoms with Gasteiger partial charge in [0.2, 0.25) is 0 Å². The highest BCUT2D eigenvalue weighted by molar-refractivity contribution is 5.73. The van der Waals surface area contributed by atoms with Crippen molar-refractivity contribution in [3.63, 3.8) is 0 Å². The summed E-state index contributed by atoms with van der Waals surface area (Å²) in [5, 5.41) is 6.02. The summed E-state index contributed by atoms with van der Waals surface area (Å²) in [5.41, 5.74) is 0. The number of rotatable bonds is 4. The van der Waals surface area contributed by atoms with Gasteiger partial charge >= 0.3 is 6.03 Å². The molecule has 5 nitrogen and oxygen atoms in total. The fraction of sp³-hybridized carbons (Fsp3) is 0.875. The number of nitrogens with zero attached hydrogens (tertiary/aromatic N) is 1. The van der Waals surface area contributed by atoms with Crippen molar-refractivity contribution < 1.29 is 9.53 Å². The molecule has 1 rings (SSSR count). The Morgan fingerprint density at radius 1 is 1.46 bits per heavy atom. The lowest BCUT2D eigenvalue weighted by atomic mass is 10.2. The monoisotopic (exact) mass is 187 g/mol. The maximum atomic E-state index is 11.0. The van der Waals surface area contributed by atoms with Gasteiger partial charge in [0.05, 0.1) is 19.3 Å². The van der Waals surface area contributed by atoms with Crippen molar-refractivity contribution in [2.24, 2.45) is 0 Å². The number of ether oxygens (including phenoxy) is 1. The first-order valence-corrected chi connectivity index (χ1v) is 4.46. The highest BCUT2D eigenvalue weighted by atomic mass is 16.5. The molecule has 76 valence electrons. The van der Waals surface area contributed by atoms with Gasteiger partial charge in [0, 0.05) is 27.2 Å². The van der Waals surface area contributed by atoms with Gasteiger partial charge < -0.3 is 20.3 Å². The van der Waals surface area contributed by atoms with E-state index in [2.05, 4.69) is 10.6 Å². The molecular weight excluding hydrogens is 170 g/mol. The first-order chi connectivity index (χ1) is 6.20. The predicted molar refractivity (Wildman–Crippen MR) is 49.7 cm³/mol. The lowest BCUT2D eigenvalue weighted by Crippen LogP contribution is -2.48. The van der Waals surface area contributed by atoms with Crippen molar-refractivity contribution >= 4 is 6.03 Å². The van der Waals surface area contributed by atoms with E-state index in [0.29, 0.717) is 12.6 Å². The Kier molecular flexibility index (Phi) is 3.98. The van der Waals surface area contributed by atoms with E-state index < -0.39 is 0 Å². The third-order valence-electron chi connectivity index (χ3n) is 1.88. The van der Waals surface area contributed by atoms with Crippen molar-refractivity contribution in [2.45, 2.75) is 6.04 Å². The SMILES string of the molecule is CN(C)C(=O)NCCNC1COC1. The molecule has 0 unspecified atom stereocenters. The Labute approximate surface area is 78.4 Å². The zero-order valence-corrected chi connectivity index (χ0v) is 8.17. The van der Waals surface area contributed by atoms with Crippen LogP contribution in [-0.2, 0) is 4.74 Å².